The van der Waals surface area contributed by atoms with Gasteiger partial charge in [-0.2, -0.15) is 0 Å². The molecule has 20 heavy (non-hydrogen) atoms. The fourth-order valence-corrected chi connectivity index (χ4v) is 1.92. The van der Waals surface area contributed by atoms with Gasteiger partial charge in [0.15, 0.2) is 0 Å². The van der Waals surface area contributed by atoms with E-state index in [1.165, 1.54) is 5.56 Å². The topological polar surface area (TPSA) is 52.3 Å². The average molecular weight is 269 g/mol. The van der Waals surface area contributed by atoms with Crippen molar-refractivity contribution in [1.29, 1.82) is 0 Å². The maximum atomic E-state index is 11.8. The zero-order valence-electron chi connectivity index (χ0n) is 11.4. The molecule has 3 nitrogen and oxygen atoms in total. The van der Waals surface area contributed by atoms with E-state index in [9.17, 15) is 4.79 Å². The number of hydrogen-bond acceptors (Lipinski definition) is 3. The number of ether oxygens (including phenoxy) is 1. The second kappa shape index (κ2) is 7.46. The third-order valence-corrected chi connectivity index (χ3v) is 3.11. The van der Waals surface area contributed by atoms with Gasteiger partial charge in [-0.1, -0.05) is 60.7 Å². The lowest BCUT2D eigenvalue weighted by Crippen LogP contribution is -2.32. The van der Waals surface area contributed by atoms with E-state index in [-0.39, 0.29) is 12.6 Å². The van der Waals surface area contributed by atoms with Gasteiger partial charge in [-0.15, -0.1) is 0 Å². The molecule has 1 atom stereocenters. The van der Waals surface area contributed by atoms with Crippen LogP contribution in [0.3, 0.4) is 0 Å². The summed E-state index contributed by atoms with van der Waals surface area (Å²) >= 11 is 0. The van der Waals surface area contributed by atoms with E-state index in [1.807, 2.05) is 60.7 Å². The monoisotopic (exact) mass is 269 g/mol. The van der Waals surface area contributed by atoms with Crippen LogP contribution >= 0.6 is 0 Å². The van der Waals surface area contributed by atoms with Gasteiger partial charge in [-0.25, -0.2) is 0 Å². The fourth-order valence-electron chi connectivity index (χ4n) is 1.92. The molecule has 2 aromatic rings. The molecular weight excluding hydrogens is 250 g/mol. The minimum Gasteiger partial charge on any atom is -0.460 e. The molecule has 0 fully saturated rings. The van der Waals surface area contributed by atoms with Crippen molar-refractivity contribution in [2.24, 2.45) is 5.73 Å². The van der Waals surface area contributed by atoms with Crippen molar-refractivity contribution >= 4 is 5.97 Å². The molecule has 0 heterocycles. The lowest BCUT2D eigenvalue weighted by molar-refractivity contribution is -0.146. The van der Waals surface area contributed by atoms with Crippen molar-refractivity contribution in [3.63, 3.8) is 0 Å². The number of esters is 1. The van der Waals surface area contributed by atoms with Crippen LogP contribution in [0.25, 0.3) is 0 Å². The van der Waals surface area contributed by atoms with Crippen LogP contribution in [-0.2, 0) is 22.6 Å². The zero-order valence-corrected chi connectivity index (χ0v) is 11.4. The first-order valence-corrected chi connectivity index (χ1v) is 6.76. The lowest BCUT2D eigenvalue weighted by Gasteiger charge is -2.11. The molecular formula is C17H19NO2. The number of benzene rings is 2. The Bertz CT molecular complexity index is 525. The molecule has 104 valence electrons. The number of carbonyl (C=O) groups is 1. The van der Waals surface area contributed by atoms with E-state index in [2.05, 4.69) is 0 Å². The van der Waals surface area contributed by atoms with Gasteiger partial charge in [0.2, 0.25) is 0 Å². The number of nitrogens with two attached hydrogens (primary N) is 1. The summed E-state index contributed by atoms with van der Waals surface area (Å²) in [5.41, 5.74) is 8.00. The molecule has 2 N–H and O–H groups in total. The molecule has 0 bridgehead atoms. The van der Waals surface area contributed by atoms with Crippen molar-refractivity contribution in [1.82, 2.24) is 0 Å². The van der Waals surface area contributed by atoms with E-state index < -0.39 is 6.04 Å². The molecule has 0 aliphatic rings. The van der Waals surface area contributed by atoms with Gasteiger partial charge in [-0.05, 0) is 24.0 Å². The SMILES string of the molecule is N[C@@H](CCc1ccccc1)C(=O)OCc1ccccc1. The Hall–Kier alpha value is -2.13. The van der Waals surface area contributed by atoms with Gasteiger partial charge >= 0.3 is 5.97 Å². The van der Waals surface area contributed by atoms with Gasteiger partial charge in [0.25, 0.3) is 0 Å². The third kappa shape index (κ3) is 4.52. The zero-order chi connectivity index (χ0) is 14.2. The van der Waals surface area contributed by atoms with Gasteiger partial charge in [0.1, 0.15) is 12.6 Å². The maximum Gasteiger partial charge on any atom is 0.323 e. The first-order valence-electron chi connectivity index (χ1n) is 6.76. The minimum atomic E-state index is -0.570. The maximum absolute atomic E-state index is 11.8. The molecule has 0 aliphatic heterocycles. The Labute approximate surface area is 119 Å². The van der Waals surface area contributed by atoms with Crippen LogP contribution in [0.15, 0.2) is 60.7 Å². The van der Waals surface area contributed by atoms with E-state index in [4.69, 9.17) is 10.5 Å². The van der Waals surface area contributed by atoms with E-state index >= 15 is 0 Å². The Balaban J connectivity index is 1.75. The number of aryl methyl sites for hydroxylation is 1. The highest BCUT2D eigenvalue weighted by Crippen LogP contribution is 2.06. The quantitative estimate of drug-likeness (QED) is 0.820. The van der Waals surface area contributed by atoms with E-state index in [0.717, 1.165) is 12.0 Å². The summed E-state index contributed by atoms with van der Waals surface area (Å²) in [6.45, 7) is 0.276. The summed E-state index contributed by atoms with van der Waals surface area (Å²) in [6.07, 6.45) is 1.38. The normalized spacial score (nSPS) is 11.8. The molecule has 0 aliphatic carbocycles. The molecule has 0 radical (unpaired) electrons. The Morgan fingerprint density at radius 1 is 0.950 bits per heavy atom. The molecule has 0 unspecified atom stereocenters. The van der Waals surface area contributed by atoms with Crippen molar-refractivity contribution < 1.29 is 9.53 Å². The summed E-state index contributed by atoms with van der Waals surface area (Å²) in [5.74, 6) is -0.343. The molecule has 2 aromatic carbocycles. The highest BCUT2D eigenvalue weighted by Gasteiger charge is 2.14. The molecule has 2 rings (SSSR count). The first-order chi connectivity index (χ1) is 9.75. The van der Waals surface area contributed by atoms with Crippen LogP contribution in [0.4, 0.5) is 0 Å². The average Bonchev–Trinajstić information content (AvgIpc) is 2.52. The highest BCUT2D eigenvalue weighted by molar-refractivity contribution is 5.75. The predicted molar refractivity (Wildman–Crippen MR) is 79.0 cm³/mol. The summed E-state index contributed by atoms with van der Waals surface area (Å²) in [5, 5.41) is 0. The van der Waals surface area contributed by atoms with Crippen LogP contribution in [-0.4, -0.2) is 12.0 Å². The summed E-state index contributed by atoms with van der Waals surface area (Å²) in [4.78, 5) is 11.8. The van der Waals surface area contributed by atoms with Crippen LogP contribution in [0.5, 0.6) is 0 Å². The number of hydrogen-bond donors (Lipinski definition) is 1. The van der Waals surface area contributed by atoms with Crippen LogP contribution in [0, 0.1) is 0 Å². The number of carbonyl (C=O) groups excluding carboxylic acids is 1. The van der Waals surface area contributed by atoms with Crippen LogP contribution in [0.1, 0.15) is 17.5 Å². The first kappa shape index (κ1) is 14.3. The summed E-state index contributed by atoms with van der Waals surface area (Å²) < 4.78 is 5.21. The van der Waals surface area contributed by atoms with Crippen molar-refractivity contribution in [2.45, 2.75) is 25.5 Å². The van der Waals surface area contributed by atoms with Crippen LogP contribution < -0.4 is 5.73 Å². The largest absolute Gasteiger partial charge is 0.460 e. The lowest BCUT2D eigenvalue weighted by atomic mass is 10.1. The smallest absolute Gasteiger partial charge is 0.323 e. The molecule has 0 amide bonds. The molecule has 0 spiro atoms. The molecule has 0 saturated carbocycles. The second-order valence-corrected chi connectivity index (χ2v) is 4.72. The fraction of sp³-hybridized carbons (Fsp3) is 0.235. The Kier molecular flexibility index (Phi) is 5.33. The van der Waals surface area contributed by atoms with E-state index in [1.54, 1.807) is 0 Å². The minimum absolute atomic E-state index is 0.276. The second-order valence-electron chi connectivity index (χ2n) is 4.72. The Morgan fingerprint density at radius 2 is 1.50 bits per heavy atom. The van der Waals surface area contributed by atoms with E-state index in [0.29, 0.717) is 6.42 Å². The summed E-state index contributed by atoms with van der Waals surface area (Å²) in [7, 11) is 0. The molecule has 3 heteroatoms. The number of rotatable bonds is 6. The molecule has 0 saturated heterocycles. The van der Waals surface area contributed by atoms with Crippen LogP contribution in [0.2, 0.25) is 0 Å². The van der Waals surface area contributed by atoms with Gasteiger partial charge in [-0.3, -0.25) is 4.79 Å². The standard InChI is InChI=1S/C17H19NO2/c18-16(12-11-14-7-3-1-4-8-14)17(19)20-13-15-9-5-2-6-10-15/h1-10,16H,11-13,18H2/t16-/m0/s1. The van der Waals surface area contributed by atoms with Crippen molar-refractivity contribution in [3.8, 4) is 0 Å². The van der Waals surface area contributed by atoms with Gasteiger partial charge < -0.3 is 10.5 Å². The summed E-state index contributed by atoms with van der Waals surface area (Å²) in [6, 6.07) is 19.0. The predicted octanol–water partition coefficient (Wildman–Crippen LogP) is 2.69. The van der Waals surface area contributed by atoms with Gasteiger partial charge in [0, 0.05) is 0 Å². The third-order valence-electron chi connectivity index (χ3n) is 3.11. The highest BCUT2D eigenvalue weighted by atomic mass is 16.5. The van der Waals surface area contributed by atoms with Crippen molar-refractivity contribution in [2.75, 3.05) is 0 Å². The van der Waals surface area contributed by atoms with Crippen molar-refractivity contribution in [3.05, 3.63) is 71.8 Å². The van der Waals surface area contributed by atoms with Gasteiger partial charge in [0.05, 0.1) is 0 Å². The molecule has 0 aromatic heterocycles. The Morgan fingerprint density at radius 3 is 2.10 bits per heavy atom.